The zero-order valence-corrected chi connectivity index (χ0v) is 20.1. The Balaban J connectivity index is 1.94. The van der Waals surface area contributed by atoms with Crippen molar-refractivity contribution in [1.29, 1.82) is 0 Å². The molecule has 32 heavy (non-hydrogen) atoms. The zero-order chi connectivity index (χ0) is 23.2. The molecule has 4 rings (SSSR count). The van der Waals surface area contributed by atoms with E-state index in [0.717, 1.165) is 41.1 Å². The first kappa shape index (κ1) is 22.7. The predicted octanol–water partition coefficient (Wildman–Crippen LogP) is 4.53. The lowest BCUT2D eigenvalue weighted by Gasteiger charge is -2.25. The van der Waals surface area contributed by atoms with E-state index in [0.29, 0.717) is 22.1 Å². The first-order valence-corrected chi connectivity index (χ1v) is 11.9. The van der Waals surface area contributed by atoms with Crippen molar-refractivity contribution in [3.05, 3.63) is 45.7 Å². The van der Waals surface area contributed by atoms with E-state index in [1.165, 1.54) is 11.8 Å². The molecule has 0 bridgehead atoms. The van der Waals surface area contributed by atoms with Gasteiger partial charge in [0.15, 0.2) is 0 Å². The molecule has 1 saturated heterocycles. The normalized spacial score (nSPS) is 21.2. The molecule has 1 aliphatic heterocycles. The molecule has 2 N–H and O–H groups in total. The number of thioether (sulfide) groups is 1. The maximum absolute atomic E-state index is 11.8. The minimum absolute atomic E-state index is 0.264. The molecule has 7 nitrogen and oxygen atoms in total. The number of nitrogens with one attached hydrogen (secondary N) is 1. The van der Waals surface area contributed by atoms with Gasteiger partial charge in [-0.3, -0.25) is 9.20 Å². The topological polar surface area (TPSA) is 86.9 Å². The third-order valence-corrected chi connectivity index (χ3v) is 7.01. The summed E-state index contributed by atoms with van der Waals surface area (Å²) in [4.78, 5) is 30.2. The van der Waals surface area contributed by atoms with Gasteiger partial charge < -0.3 is 15.3 Å². The number of likely N-dealkylation sites (N-methyl/N-ethyl adjacent to an activating group) is 1. The Hall–Kier alpha value is -2.45. The number of hydrogen-bond acceptors (Lipinski definition) is 6. The second-order valence-electron chi connectivity index (χ2n) is 9.25. The molecular formula is C23H27ClN4O3S. The van der Waals surface area contributed by atoms with E-state index >= 15 is 0 Å². The van der Waals surface area contributed by atoms with Crippen LogP contribution in [0.3, 0.4) is 0 Å². The van der Waals surface area contributed by atoms with Crippen LogP contribution in [0.5, 0.6) is 0 Å². The summed E-state index contributed by atoms with van der Waals surface area (Å²) >= 11 is 7.81. The average Bonchev–Trinajstić information content (AvgIpc) is 3.38. The van der Waals surface area contributed by atoms with E-state index in [9.17, 15) is 14.7 Å². The molecule has 0 aromatic carbocycles. The van der Waals surface area contributed by atoms with Gasteiger partial charge in [-0.2, -0.15) is 0 Å². The summed E-state index contributed by atoms with van der Waals surface area (Å²) in [6.07, 6.45) is 6.15. The van der Waals surface area contributed by atoms with Gasteiger partial charge in [0.25, 0.3) is 0 Å². The number of carboxylic acid groups (broad SMARTS) is 1. The van der Waals surface area contributed by atoms with Crippen LogP contribution in [0.2, 0.25) is 5.02 Å². The Kier molecular flexibility index (Phi) is 6.02. The summed E-state index contributed by atoms with van der Waals surface area (Å²) in [5.74, 6) is 0.653. The molecule has 2 aromatic heterocycles. The molecule has 2 aromatic rings. The molecule has 1 unspecified atom stereocenters. The van der Waals surface area contributed by atoms with E-state index in [4.69, 9.17) is 16.6 Å². The van der Waals surface area contributed by atoms with Crippen molar-refractivity contribution in [2.75, 3.05) is 18.1 Å². The molecule has 1 atom stereocenters. The van der Waals surface area contributed by atoms with E-state index in [1.54, 1.807) is 18.3 Å². The highest BCUT2D eigenvalue weighted by molar-refractivity contribution is 8.03. The molecule has 2 fully saturated rings. The lowest BCUT2D eigenvalue weighted by molar-refractivity contribution is -0.140. The van der Waals surface area contributed by atoms with Crippen molar-refractivity contribution >= 4 is 52.7 Å². The number of allylic oxidation sites excluding steroid dienone is 3. The van der Waals surface area contributed by atoms with Gasteiger partial charge in [0.1, 0.15) is 29.5 Å². The lowest BCUT2D eigenvalue weighted by Crippen LogP contribution is -2.34. The maximum atomic E-state index is 11.8. The van der Waals surface area contributed by atoms with Crippen molar-refractivity contribution in [3.63, 3.8) is 0 Å². The van der Waals surface area contributed by atoms with Gasteiger partial charge in [0.2, 0.25) is 0 Å². The summed E-state index contributed by atoms with van der Waals surface area (Å²) in [6.45, 7) is 6.17. The SMILES string of the molecule is CN1/C(=C(\C(=C/C=O)c2nc3ccc(Cl)cn3c2NC(C)(C)C)C2CC2)SCC1C(=O)O. The smallest absolute Gasteiger partial charge is 0.327 e. The third kappa shape index (κ3) is 4.38. The summed E-state index contributed by atoms with van der Waals surface area (Å²) in [7, 11) is 1.81. The van der Waals surface area contributed by atoms with Crippen LogP contribution in [0.15, 0.2) is 35.0 Å². The van der Waals surface area contributed by atoms with Gasteiger partial charge in [0.05, 0.1) is 10.1 Å². The number of aldehydes is 1. The third-order valence-electron chi connectivity index (χ3n) is 5.52. The Labute approximate surface area is 196 Å². The number of carboxylic acids is 1. The first-order valence-electron chi connectivity index (χ1n) is 10.6. The van der Waals surface area contributed by atoms with Crippen molar-refractivity contribution < 1.29 is 14.7 Å². The fourth-order valence-electron chi connectivity index (χ4n) is 3.94. The number of nitrogens with zero attached hydrogens (tertiary/aromatic N) is 3. The summed E-state index contributed by atoms with van der Waals surface area (Å²) in [5.41, 5.74) is 2.84. The van der Waals surface area contributed by atoms with Gasteiger partial charge in [-0.25, -0.2) is 9.78 Å². The number of pyridine rings is 1. The molecule has 1 saturated carbocycles. The largest absolute Gasteiger partial charge is 0.480 e. The molecule has 0 radical (unpaired) electrons. The predicted molar refractivity (Wildman–Crippen MR) is 129 cm³/mol. The van der Waals surface area contributed by atoms with Gasteiger partial charge in [-0.15, -0.1) is 11.8 Å². The highest BCUT2D eigenvalue weighted by Gasteiger charge is 2.40. The minimum atomic E-state index is -0.844. The summed E-state index contributed by atoms with van der Waals surface area (Å²) < 4.78 is 1.91. The molecule has 2 aliphatic rings. The van der Waals surface area contributed by atoms with E-state index in [1.807, 2.05) is 22.4 Å². The number of aliphatic carboxylic acids is 1. The molecule has 9 heteroatoms. The number of halogens is 1. The van der Waals surface area contributed by atoms with Gasteiger partial charge in [-0.1, -0.05) is 11.6 Å². The molecule has 0 amide bonds. The second kappa shape index (κ2) is 8.48. The highest BCUT2D eigenvalue weighted by atomic mass is 35.5. The Morgan fingerprint density at radius 2 is 2.06 bits per heavy atom. The van der Waals surface area contributed by atoms with Crippen molar-refractivity contribution in [1.82, 2.24) is 14.3 Å². The van der Waals surface area contributed by atoms with Crippen LogP contribution < -0.4 is 5.32 Å². The van der Waals surface area contributed by atoms with E-state index in [-0.39, 0.29) is 11.5 Å². The highest BCUT2D eigenvalue weighted by Crippen LogP contribution is 2.50. The lowest BCUT2D eigenvalue weighted by atomic mass is 9.97. The number of rotatable bonds is 6. The van der Waals surface area contributed by atoms with Crippen LogP contribution >= 0.6 is 23.4 Å². The van der Waals surface area contributed by atoms with Gasteiger partial charge >= 0.3 is 5.97 Å². The number of carbonyl (C=O) groups is 2. The van der Waals surface area contributed by atoms with Crippen LogP contribution in [-0.4, -0.2) is 56.0 Å². The van der Waals surface area contributed by atoms with Crippen molar-refractivity contribution in [2.45, 2.75) is 45.2 Å². The van der Waals surface area contributed by atoms with Crippen LogP contribution in [0.25, 0.3) is 11.2 Å². The van der Waals surface area contributed by atoms with E-state index < -0.39 is 12.0 Å². The molecule has 3 heterocycles. The standard InChI is InChI=1S/C23H27ClN4O3S/c1-23(2,3)26-20-19(25-17-8-7-14(24)11-28(17)20)15(9-10-29)18(13-5-6-13)21-27(4)16(12-32-21)22(30)31/h7-11,13,16,26H,5-6,12H2,1-4H3,(H,30,31)/b15-9+,21-18+. The van der Waals surface area contributed by atoms with E-state index in [2.05, 4.69) is 26.1 Å². The van der Waals surface area contributed by atoms with Crippen molar-refractivity contribution in [2.24, 2.45) is 5.92 Å². The number of carbonyl (C=O) groups excluding carboxylic acids is 1. The Morgan fingerprint density at radius 3 is 2.62 bits per heavy atom. The summed E-state index contributed by atoms with van der Waals surface area (Å²) in [5, 5.41) is 14.6. The van der Waals surface area contributed by atoms with Crippen molar-refractivity contribution in [3.8, 4) is 0 Å². The number of fused-ring (bicyclic) bond motifs is 1. The quantitative estimate of drug-likeness (QED) is 0.469. The van der Waals surface area contributed by atoms with Crippen LogP contribution in [0, 0.1) is 5.92 Å². The molecule has 170 valence electrons. The van der Waals surface area contributed by atoms with Crippen LogP contribution in [0.1, 0.15) is 39.3 Å². The van der Waals surface area contributed by atoms with Gasteiger partial charge in [0, 0.05) is 30.1 Å². The Bertz CT molecular complexity index is 1140. The van der Waals surface area contributed by atoms with Crippen LogP contribution in [-0.2, 0) is 9.59 Å². The fraction of sp³-hybridized carbons (Fsp3) is 0.435. The fourth-order valence-corrected chi connectivity index (χ4v) is 5.55. The second-order valence-corrected chi connectivity index (χ2v) is 10.7. The van der Waals surface area contributed by atoms with Gasteiger partial charge in [-0.05, 0) is 63.3 Å². The average molecular weight is 475 g/mol. The monoisotopic (exact) mass is 474 g/mol. The Morgan fingerprint density at radius 1 is 1.34 bits per heavy atom. The number of hydrogen-bond donors (Lipinski definition) is 2. The first-order chi connectivity index (χ1) is 15.1. The maximum Gasteiger partial charge on any atom is 0.327 e. The number of aromatic nitrogens is 2. The molecular weight excluding hydrogens is 448 g/mol. The number of anilines is 1. The molecule has 0 spiro atoms. The minimum Gasteiger partial charge on any atom is -0.480 e. The summed E-state index contributed by atoms with van der Waals surface area (Å²) in [6, 6.07) is 3.04. The van der Waals surface area contributed by atoms with Crippen LogP contribution in [0.4, 0.5) is 5.82 Å². The number of imidazole rings is 1. The zero-order valence-electron chi connectivity index (χ0n) is 18.6. The molecule has 1 aliphatic carbocycles.